The van der Waals surface area contributed by atoms with Crippen LogP contribution in [0.5, 0.6) is 0 Å². The van der Waals surface area contributed by atoms with E-state index in [-0.39, 0.29) is 18.4 Å². The quantitative estimate of drug-likeness (QED) is 0.733. The van der Waals surface area contributed by atoms with Crippen molar-refractivity contribution in [3.05, 3.63) is 47.3 Å². The van der Waals surface area contributed by atoms with Crippen LogP contribution in [0.25, 0.3) is 0 Å². The van der Waals surface area contributed by atoms with Crippen LogP contribution in [0.2, 0.25) is 0 Å². The molecule has 1 fully saturated rings. The molecule has 1 aliphatic rings. The van der Waals surface area contributed by atoms with Crippen molar-refractivity contribution >= 4 is 23.5 Å². The summed E-state index contributed by atoms with van der Waals surface area (Å²) in [6, 6.07) is 8.49. The second kappa shape index (κ2) is 7.69. The molecule has 2 N–H and O–H groups in total. The van der Waals surface area contributed by atoms with Crippen molar-refractivity contribution in [3.8, 4) is 0 Å². The fourth-order valence-electron chi connectivity index (χ4n) is 3.29. The van der Waals surface area contributed by atoms with E-state index in [1.54, 1.807) is 49.8 Å². The summed E-state index contributed by atoms with van der Waals surface area (Å²) >= 11 is 0. The lowest BCUT2D eigenvalue weighted by atomic mass is 10.1. The summed E-state index contributed by atoms with van der Waals surface area (Å²) < 4.78 is 1.58. The zero-order valence-electron chi connectivity index (χ0n) is 17.4. The number of aryl methyl sites for hydroxylation is 1. The first-order valence-corrected chi connectivity index (χ1v) is 9.64. The number of anilines is 1. The second-order valence-corrected chi connectivity index (χ2v) is 8.34. The Morgan fingerprint density at radius 3 is 2.41 bits per heavy atom. The summed E-state index contributed by atoms with van der Waals surface area (Å²) in [6.07, 6.45) is 0.815. The number of hydrogen-bond donors (Lipinski definition) is 2. The first kappa shape index (κ1) is 20.6. The molecule has 0 spiro atoms. The highest BCUT2D eigenvalue weighted by atomic mass is 16.2. The van der Waals surface area contributed by atoms with Crippen molar-refractivity contribution in [2.24, 2.45) is 13.0 Å². The second-order valence-electron chi connectivity index (χ2n) is 8.34. The summed E-state index contributed by atoms with van der Waals surface area (Å²) in [5.74, 6) is -0.0320. The fourth-order valence-corrected chi connectivity index (χ4v) is 3.29. The van der Waals surface area contributed by atoms with Gasteiger partial charge in [-0.2, -0.15) is 5.10 Å². The van der Waals surface area contributed by atoms with E-state index in [1.165, 1.54) is 4.90 Å². The van der Waals surface area contributed by atoms with Crippen LogP contribution in [-0.2, 0) is 24.8 Å². The molecular formula is C21H27N5O3. The maximum Gasteiger partial charge on any atom is 0.325 e. The molecule has 8 nitrogen and oxygen atoms in total. The fraction of sp³-hybridized carbons (Fsp3) is 0.429. The predicted molar refractivity (Wildman–Crippen MR) is 109 cm³/mol. The normalized spacial score (nSPS) is 15.7. The average Bonchev–Trinajstić information content (AvgIpc) is 3.07. The minimum atomic E-state index is -0.886. The van der Waals surface area contributed by atoms with Gasteiger partial charge in [-0.3, -0.25) is 19.2 Å². The lowest BCUT2D eigenvalue weighted by Gasteiger charge is -2.16. The molecule has 3 rings (SSSR count). The van der Waals surface area contributed by atoms with Gasteiger partial charge in [0.2, 0.25) is 0 Å². The maximum atomic E-state index is 12.6. The molecular weight excluding hydrogens is 370 g/mol. The third kappa shape index (κ3) is 4.47. The Balaban J connectivity index is 1.65. The average molecular weight is 397 g/mol. The molecule has 0 atom stereocenters. The summed E-state index contributed by atoms with van der Waals surface area (Å²) in [7, 11) is 1.75. The minimum Gasteiger partial charge on any atom is -0.324 e. The number of imide groups is 1. The molecule has 1 aromatic heterocycles. The molecule has 0 unspecified atom stereocenters. The Morgan fingerprint density at radius 1 is 1.21 bits per heavy atom. The Labute approximate surface area is 170 Å². The molecule has 0 saturated carbocycles. The monoisotopic (exact) mass is 397 g/mol. The van der Waals surface area contributed by atoms with Gasteiger partial charge in [0.15, 0.2) is 0 Å². The highest BCUT2D eigenvalue weighted by molar-refractivity contribution is 6.06. The van der Waals surface area contributed by atoms with E-state index in [0.29, 0.717) is 17.3 Å². The molecule has 0 radical (unpaired) electrons. The van der Waals surface area contributed by atoms with Crippen LogP contribution in [0.4, 0.5) is 10.5 Å². The molecule has 2 aromatic rings. The van der Waals surface area contributed by atoms with Gasteiger partial charge in [-0.1, -0.05) is 26.0 Å². The summed E-state index contributed by atoms with van der Waals surface area (Å²) in [4.78, 5) is 38.1. The van der Waals surface area contributed by atoms with E-state index in [9.17, 15) is 14.4 Å². The maximum absolute atomic E-state index is 12.6. The number of nitrogens with one attached hydrogen (secondary N) is 2. The lowest BCUT2D eigenvalue weighted by molar-refractivity contribution is -0.130. The third-order valence-electron chi connectivity index (χ3n) is 4.78. The SMILES string of the molecule is CC(C)Cc1cc(C(=O)Nc2ccc(CN3C(=O)NC(C)(C)C3=O)cc2)n(C)n1. The number of rotatable bonds is 6. The number of benzene rings is 1. The van der Waals surface area contributed by atoms with Gasteiger partial charge in [-0.25, -0.2) is 4.79 Å². The van der Waals surface area contributed by atoms with Gasteiger partial charge in [0.1, 0.15) is 11.2 Å². The molecule has 0 aliphatic carbocycles. The lowest BCUT2D eigenvalue weighted by Crippen LogP contribution is -2.40. The van der Waals surface area contributed by atoms with Crippen molar-refractivity contribution in [1.29, 1.82) is 0 Å². The van der Waals surface area contributed by atoms with Gasteiger partial charge in [-0.05, 0) is 49.9 Å². The Bertz CT molecular complexity index is 944. The zero-order valence-corrected chi connectivity index (χ0v) is 17.4. The van der Waals surface area contributed by atoms with Crippen LogP contribution in [0.3, 0.4) is 0 Å². The largest absolute Gasteiger partial charge is 0.325 e. The van der Waals surface area contributed by atoms with Gasteiger partial charge in [0.05, 0.1) is 12.2 Å². The van der Waals surface area contributed by atoms with Crippen molar-refractivity contribution in [3.63, 3.8) is 0 Å². The molecule has 1 saturated heterocycles. The Morgan fingerprint density at radius 2 is 1.86 bits per heavy atom. The van der Waals surface area contributed by atoms with E-state index in [4.69, 9.17) is 0 Å². The summed E-state index contributed by atoms with van der Waals surface area (Å²) in [5, 5.41) is 9.91. The van der Waals surface area contributed by atoms with Gasteiger partial charge in [0, 0.05) is 12.7 Å². The third-order valence-corrected chi connectivity index (χ3v) is 4.78. The van der Waals surface area contributed by atoms with E-state index >= 15 is 0 Å². The van der Waals surface area contributed by atoms with E-state index < -0.39 is 11.6 Å². The number of amides is 4. The zero-order chi connectivity index (χ0) is 21.3. The molecule has 8 heteroatoms. The van der Waals surface area contributed by atoms with Gasteiger partial charge in [0.25, 0.3) is 11.8 Å². The predicted octanol–water partition coefficient (Wildman–Crippen LogP) is 2.70. The van der Waals surface area contributed by atoms with Crippen molar-refractivity contribution in [1.82, 2.24) is 20.0 Å². The van der Waals surface area contributed by atoms with Gasteiger partial charge in [-0.15, -0.1) is 0 Å². The summed E-state index contributed by atoms with van der Waals surface area (Å²) in [6.45, 7) is 7.75. The molecule has 2 heterocycles. The molecule has 1 aliphatic heterocycles. The highest BCUT2D eigenvalue weighted by Crippen LogP contribution is 2.20. The van der Waals surface area contributed by atoms with Crippen molar-refractivity contribution in [2.75, 3.05) is 5.32 Å². The number of nitrogens with zero attached hydrogens (tertiary/aromatic N) is 3. The first-order valence-electron chi connectivity index (χ1n) is 9.64. The number of carbonyl (C=O) groups excluding carboxylic acids is 3. The van der Waals surface area contributed by atoms with Crippen molar-refractivity contribution < 1.29 is 14.4 Å². The summed E-state index contributed by atoms with van der Waals surface area (Å²) in [5.41, 5.74) is 1.92. The van der Waals surface area contributed by atoms with Crippen LogP contribution < -0.4 is 10.6 Å². The van der Waals surface area contributed by atoms with Crippen LogP contribution in [-0.4, -0.2) is 38.1 Å². The molecule has 4 amide bonds. The first-order chi connectivity index (χ1) is 13.6. The highest BCUT2D eigenvalue weighted by Gasteiger charge is 2.44. The molecule has 0 bridgehead atoms. The smallest absolute Gasteiger partial charge is 0.324 e. The minimum absolute atomic E-state index is 0.183. The number of urea groups is 1. The van der Waals surface area contributed by atoms with Crippen LogP contribution in [0.15, 0.2) is 30.3 Å². The Kier molecular flexibility index (Phi) is 5.46. The van der Waals surface area contributed by atoms with Gasteiger partial charge >= 0.3 is 6.03 Å². The van der Waals surface area contributed by atoms with Crippen LogP contribution in [0, 0.1) is 5.92 Å². The number of hydrogen-bond acceptors (Lipinski definition) is 4. The van der Waals surface area contributed by atoms with Crippen molar-refractivity contribution in [2.45, 2.75) is 46.2 Å². The molecule has 29 heavy (non-hydrogen) atoms. The van der Waals surface area contributed by atoms with E-state index in [2.05, 4.69) is 29.6 Å². The standard InChI is InChI=1S/C21H27N5O3/c1-13(2)10-16-11-17(25(5)24-16)18(27)22-15-8-6-14(7-9-15)12-26-19(28)21(3,4)23-20(26)29/h6-9,11,13H,10,12H2,1-5H3,(H,22,27)(H,23,29). The van der Waals surface area contributed by atoms with Crippen LogP contribution in [0.1, 0.15) is 49.4 Å². The van der Waals surface area contributed by atoms with E-state index in [1.807, 2.05) is 6.07 Å². The number of aromatic nitrogens is 2. The van der Waals surface area contributed by atoms with E-state index in [0.717, 1.165) is 17.7 Å². The number of carbonyl (C=O) groups is 3. The molecule has 154 valence electrons. The van der Waals surface area contributed by atoms with Gasteiger partial charge < -0.3 is 10.6 Å². The van der Waals surface area contributed by atoms with Crippen LogP contribution >= 0.6 is 0 Å². The topological polar surface area (TPSA) is 96.3 Å². The molecule has 1 aromatic carbocycles. The Hall–Kier alpha value is -3.16.